The van der Waals surface area contributed by atoms with E-state index in [1.54, 1.807) is 31.2 Å². The van der Waals surface area contributed by atoms with Gasteiger partial charge >= 0.3 is 0 Å². The Hall–Kier alpha value is -3.47. The first-order valence-electron chi connectivity index (χ1n) is 11.8. The molecule has 0 aliphatic carbocycles. The van der Waals surface area contributed by atoms with Gasteiger partial charge in [0.1, 0.15) is 29.8 Å². The van der Waals surface area contributed by atoms with E-state index < -0.39 is 28.5 Å². The second-order valence-electron chi connectivity index (χ2n) is 9.00. The zero-order chi connectivity index (χ0) is 27.8. The molecule has 0 aromatic heterocycles. The number of amides is 2. The molecule has 0 fully saturated rings. The Labute approximate surface area is 219 Å². The third kappa shape index (κ3) is 8.28. The van der Waals surface area contributed by atoms with E-state index in [4.69, 9.17) is 14.2 Å². The second-order valence-corrected chi connectivity index (χ2v) is 10.9. The predicted molar refractivity (Wildman–Crippen MR) is 143 cm³/mol. The summed E-state index contributed by atoms with van der Waals surface area (Å²) in [6.07, 6.45) is 1.01. The van der Waals surface area contributed by atoms with Crippen LogP contribution in [0.15, 0.2) is 42.5 Å². The minimum Gasteiger partial charge on any atom is -0.497 e. The highest BCUT2D eigenvalue weighted by Gasteiger charge is 2.31. The molecule has 0 unspecified atom stereocenters. The van der Waals surface area contributed by atoms with Gasteiger partial charge in [-0.05, 0) is 42.7 Å². The van der Waals surface area contributed by atoms with Gasteiger partial charge in [-0.15, -0.1) is 0 Å². The van der Waals surface area contributed by atoms with Crippen molar-refractivity contribution in [2.75, 3.05) is 45.0 Å². The van der Waals surface area contributed by atoms with E-state index in [-0.39, 0.29) is 29.8 Å². The van der Waals surface area contributed by atoms with Crippen LogP contribution in [0.1, 0.15) is 26.3 Å². The summed E-state index contributed by atoms with van der Waals surface area (Å²) >= 11 is 0. The van der Waals surface area contributed by atoms with Crippen molar-refractivity contribution in [2.24, 2.45) is 5.92 Å². The fraction of sp³-hybridized carbons (Fsp3) is 0.462. The van der Waals surface area contributed by atoms with E-state index in [9.17, 15) is 18.0 Å². The highest BCUT2D eigenvalue weighted by molar-refractivity contribution is 7.92. The molecule has 0 heterocycles. The minimum atomic E-state index is -3.91. The van der Waals surface area contributed by atoms with Gasteiger partial charge < -0.3 is 24.4 Å². The van der Waals surface area contributed by atoms with Crippen LogP contribution < -0.4 is 23.8 Å². The number of anilines is 1. The molecule has 0 saturated heterocycles. The molecule has 204 valence electrons. The molecular weight excluding hydrogens is 498 g/mol. The van der Waals surface area contributed by atoms with E-state index in [0.717, 1.165) is 16.1 Å². The molecule has 2 aromatic carbocycles. The molecule has 37 heavy (non-hydrogen) atoms. The molecule has 0 saturated carbocycles. The normalized spacial score (nSPS) is 12.0. The van der Waals surface area contributed by atoms with Crippen LogP contribution in [0, 0.1) is 5.92 Å². The van der Waals surface area contributed by atoms with E-state index in [2.05, 4.69) is 5.32 Å². The summed E-state index contributed by atoms with van der Waals surface area (Å²) in [5.74, 6) is 0.621. The van der Waals surface area contributed by atoms with Crippen molar-refractivity contribution < 1.29 is 32.2 Å². The number of hydrogen-bond acceptors (Lipinski definition) is 7. The van der Waals surface area contributed by atoms with Crippen LogP contribution in [0.25, 0.3) is 0 Å². The quantitative estimate of drug-likeness (QED) is 0.419. The van der Waals surface area contributed by atoms with Crippen molar-refractivity contribution in [1.29, 1.82) is 0 Å². The van der Waals surface area contributed by atoms with E-state index >= 15 is 0 Å². The first-order valence-corrected chi connectivity index (χ1v) is 13.7. The first kappa shape index (κ1) is 29.8. The molecule has 0 aliphatic heterocycles. The fourth-order valence-corrected chi connectivity index (χ4v) is 4.44. The van der Waals surface area contributed by atoms with Crippen LogP contribution in [-0.4, -0.2) is 71.8 Å². The Balaban J connectivity index is 2.45. The molecule has 0 aliphatic rings. The SMILES string of the molecule is COc1cccc(CN(C(=O)CN(c2ccc(OC)cc2OC)S(C)(=O)=O)[C@H](C)C(=O)NCC(C)C)c1. The highest BCUT2D eigenvalue weighted by Crippen LogP contribution is 2.33. The maximum Gasteiger partial charge on any atom is 0.244 e. The van der Waals surface area contributed by atoms with E-state index in [0.29, 0.717) is 18.0 Å². The second kappa shape index (κ2) is 13.2. The monoisotopic (exact) mass is 535 g/mol. The molecule has 2 rings (SSSR count). The van der Waals surface area contributed by atoms with Gasteiger partial charge in [0.05, 0.1) is 33.3 Å². The van der Waals surface area contributed by atoms with Crippen molar-refractivity contribution in [3.8, 4) is 17.2 Å². The van der Waals surface area contributed by atoms with E-state index in [1.807, 2.05) is 19.9 Å². The average molecular weight is 536 g/mol. The van der Waals surface area contributed by atoms with Crippen LogP contribution in [0.5, 0.6) is 17.2 Å². The molecular formula is C26H37N3O7S. The van der Waals surface area contributed by atoms with Crippen molar-refractivity contribution in [3.05, 3.63) is 48.0 Å². The van der Waals surface area contributed by atoms with Crippen LogP contribution in [0.3, 0.4) is 0 Å². The molecule has 11 heteroatoms. The van der Waals surface area contributed by atoms with Gasteiger partial charge in [-0.1, -0.05) is 26.0 Å². The topological polar surface area (TPSA) is 114 Å². The Morgan fingerprint density at radius 3 is 2.16 bits per heavy atom. The summed E-state index contributed by atoms with van der Waals surface area (Å²) in [5.41, 5.74) is 0.904. The zero-order valence-electron chi connectivity index (χ0n) is 22.5. The van der Waals surface area contributed by atoms with Crippen molar-refractivity contribution in [2.45, 2.75) is 33.4 Å². The maximum absolute atomic E-state index is 13.7. The molecule has 0 spiro atoms. The van der Waals surface area contributed by atoms with Gasteiger partial charge in [0.2, 0.25) is 21.8 Å². The third-order valence-corrected chi connectivity index (χ3v) is 6.80. The Morgan fingerprint density at radius 2 is 1.59 bits per heavy atom. The van der Waals surface area contributed by atoms with Crippen LogP contribution in [0.4, 0.5) is 5.69 Å². The van der Waals surface area contributed by atoms with Gasteiger partial charge in [0.15, 0.2) is 0 Å². The summed E-state index contributed by atoms with van der Waals surface area (Å²) < 4.78 is 42.4. The predicted octanol–water partition coefficient (Wildman–Crippen LogP) is 2.67. The molecule has 1 N–H and O–H groups in total. The zero-order valence-corrected chi connectivity index (χ0v) is 23.3. The molecule has 2 amide bonds. The van der Waals surface area contributed by atoms with Gasteiger partial charge in [0, 0.05) is 19.2 Å². The Morgan fingerprint density at radius 1 is 0.946 bits per heavy atom. The van der Waals surface area contributed by atoms with E-state index in [1.165, 1.54) is 38.4 Å². The fourth-order valence-electron chi connectivity index (χ4n) is 3.59. The van der Waals surface area contributed by atoms with Crippen LogP contribution in [-0.2, 0) is 26.2 Å². The number of rotatable bonds is 13. The molecule has 10 nitrogen and oxygen atoms in total. The summed E-state index contributed by atoms with van der Waals surface area (Å²) in [6, 6.07) is 10.9. The summed E-state index contributed by atoms with van der Waals surface area (Å²) in [4.78, 5) is 28.0. The number of benzene rings is 2. The van der Waals surface area contributed by atoms with Crippen LogP contribution in [0.2, 0.25) is 0 Å². The molecule has 0 bridgehead atoms. The first-order chi connectivity index (χ1) is 17.4. The maximum atomic E-state index is 13.7. The van der Waals surface area contributed by atoms with Crippen LogP contribution >= 0.6 is 0 Å². The Bertz CT molecular complexity index is 1180. The lowest BCUT2D eigenvalue weighted by Gasteiger charge is -2.32. The lowest BCUT2D eigenvalue weighted by atomic mass is 10.1. The largest absolute Gasteiger partial charge is 0.497 e. The lowest BCUT2D eigenvalue weighted by Crippen LogP contribution is -2.51. The average Bonchev–Trinajstić information content (AvgIpc) is 2.87. The molecule has 0 radical (unpaired) electrons. The number of ether oxygens (including phenoxy) is 3. The Kier molecular flexibility index (Phi) is 10.6. The van der Waals surface area contributed by atoms with Crippen molar-refractivity contribution >= 4 is 27.5 Å². The summed E-state index contributed by atoms with van der Waals surface area (Å²) in [6.45, 7) is 5.54. The van der Waals surface area contributed by atoms with Gasteiger partial charge in [-0.25, -0.2) is 8.42 Å². The van der Waals surface area contributed by atoms with Gasteiger partial charge in [-0.2, -0.15) is 0 Å². The number of nitrogens with zero attached hydrogens (tertiary/aromatic N) is 2. The minimum absolute atomic E-state index is 0.0731. The number of sulfonamides is 1. The molecule has 1 atom stereocenters. The number of carbonyl (C=O) groups excluding carboxylic acids is 2. The van der Waals surface area contributed by atoms with Crippen molar-refractivity contribution in [3.63, 3.8) is 0 Å². The number of hydrogen-bond donors (Lipinski definition) is 1. The van der Waals surface area contributed by atoms with Gasteiger partial charge in [-0.3, -0.25) is 13.9 Å². The lowest BCUT2D eigenvalue weighted by molar-refractivity contribution is -0.139. The van der Waals surface area contributed by atoms with Crippen molar-refractivity contribution in [1.82, 2.24) is 10.2 Å². The highest BCUT2D eigenvalue weighted by atomic mass is 32.2. The summed E-state index contributed by atoms with van der Waals surface area (Å²) in [5, 5.41) is 2.85. The number of methoxy groups -OCH3 is 3. The smallest absolute Gasteiger partial charge is 0.244 e. The third-order valence-electron chi connectivity index (χ3n) is 5.67. The van der Waals surface area contributed by atoms with Gasteiger partial charge in [0.25, 0.3) is 0 Å². The number of carbonyl (C=O) groups is 2. The summed E-state index contributed by atoms with van der Waals surface area (Å²) in [7, 11) is 0.513. The standard InChI is InChI=1S/C26H37N3O7S/c1-18(2)15-27-26(31)19(3)28(16-20-9-8-10-21(13-20)34-4)25(30)17-29(37(7,32)33)23-12-11-22(35-5)14-24(23)36-6/h8-14,18-19H,15-17H2,1-7H3,(H,27,31)/t19-/m1/s1. The molecule has 2 aromatic rings. The number of nitrogens with one attached hydrogen (secondary N) is 1.